The lowest BCUT2D eigenvalue weighted by molar-refractivity contribution is 0.469. The van der Waals surface area contributed by atoms with Crippen molar-refractivity contribution < 1.29 is 0 Å². The second kappa shape index (κ2) is 3.58. The van der Waals surface area contributed by atoms with Crippen molar-refractivity contribution >= 4 is 22.7 Å². The van der Waals surface area contributed by atoms with Crippen molar-refractivity contribution in [3.63, 3.8) is 0 Å². The summed E-state index contributed by atoms with van der Waals surface area (Å²) in [7, 11) is 0. The van der Waals surface area contributed by atoms with Crippen molar-refractivity contribution in [1.82, 2.24) is 4.98 Å². The third kappa shape index (κ3) is 1.60. The number of nitrogens with zero attached hydrogens (tertiary/aromatic N) is 1. The van der Waals surface area contributed by atoms with E-state index in [-0.39, 0.29) is 5.41 Å². The molecule has 18 heavy (non-hydrogen) atoms. The third-order valence-corrected chi connectivity index (χ3v) is 3.70. The highest BCUT2D eigenvalue weighted by Crippen LogP contribution is 2.36. The highest BCUT2D eigenvalue weighted by molar-refractivity contribution is 5.96. The fourth-order valence-electron chi connectivity index (χ4n) is 2.64. The molecule has 1 aromatic heterocycles. The number of hydrogen-bond donors (Lipinski definition) is 1. The molecule has 0 spiro atoms. The van der Waals surface area contributed by atoms with Gasteiger partial charge in [0.05, 0.1) is 16.9 Å². The van der Waals surface area contributed by atoms with Gasteiger partial charge in [-0.25, -0.2) is 0 Å². The van der Waals surface area contributed by atoms with Crippen molar-refractivity contribution in [3.8, 4) is 0 Å². The molecule has 0 radical (unpaired) electrons. The monoisotopic (exact) mass is 238 g/mol. The maximum absolute atomic E-state index is 6.31. The maximum atomic E-state index is 6.31. The predicted molar refractivity (Wildman–Crippen MR) is 77.4 cm³/mol. The summed E-state index contributed by atoms with van der Waals surface area (Å²) in [5, 5.41) is 1.07. The summed E-state index contributed by atoms with van der Waals surface area (Å²) in [6, 6.07) is 6.18. The first-order valence-electron chi connectivity index (χ1n) is 6.35. The largest absolute Gasteiger partial charge is 0.398 e. The van der Waals surface area contributed by atoms with E-state index in [4.69, 9.17) is 10.7 Å². The molecule has 0 saturated heterocycles. The summed E-state index contributed by atoms with van der Waals surface area (Å²) in [5.74, 6) is 0. The van der Waals surface area contributed by atoms with Crippen LogP contribution in [0.15, 0.2) is 24.3 Å². The Bertz CT molecular complexity index is 666. The molecule has 1 aromatic carbocycles. The molecular formula is C16H18N2. The minimum Gasteiger partial charge on any atom is -0.398 e. The van der Waals surface area contributed by atoms with Crippen LogP contribution in [0.25, 0.3) is 17.0 Å². The van der Waals surface area contributed by atoms with E-state index in [1.165, 1.54) is 5.56 Å². The molecule has 1 aliphatic rings. The van der Waals surface area contributed by atoms with E-state index in [0.717, 1.165) is 34.3 Å². The molecule has 0 saturated carbocycles. The van der Waals surface area contributed by atoms with Gasteiger partial charge in [0, 0.05) is 10.9 Å². The minimum atomic E-state index is 0.169. The number of para-hydroxylation sites is 1. The quantitative estimate of drug-likeness (QED) is 0.759. The number of aromatic nitrogens is 1. The van der Waals surface area contributed by atoms with Gasteiger partial charge in [0.25, 0.3) is 0 Å². The van der Waals surface area contributed by atoms with Gasteiger partial charge in [-0.3, -0.25) is 4.98 Å². The van der Waals surface area contributed by atoms with Gasteiger partial charge in [0.1, 0.15) is 0 Å². The zero-order valence-corrected chi connectivity index (χ0v) is 11.1. The Morgan fingerprint density at radius 1 is 1.28 bits per heavy atom. The molecular weight excluding hydrogens is 220 g/mol. The molecule has 92 valence electrons. The van der Waals surface area contributed by atoms with E-state index in [1.807, 2.05) is 6.07 Å². The van der Waals surface area contributed by atoms with E-state index in [0.29, 0.717) is 0 Å². The SMILES string of the molecule is Cc1cccc2c(N)c3c(nc12)CC(C)(C)C=C3. The second-order valence-electron chi connectivity index (χ2n) is 5.86. The number of hydrogen-bond acceptors (Lipinski definition) is 2. The normalized spacial score (nSPS) is 16.8. The van der Waals surface area contributed by atoms with Crippen LogP contribution in [0, 0.1) is 12.3 Å². The summed E-state index contributed by atoms with van der Waals surface area (Å²) in [5.41, 5.74) is 11.8. The molecule has 2 nitrogen and oxygen atoms in total. The molecule has 0 aliphatic heterocycles. The number of aryl methyl sites for hydroxylation is 1. The Hall–Kier alpha value is -1.83. The van der Waals surface area contributed by atoms with Crippen molar-refractivity contribution in [1.29, 1.82) is 0 Å². The highest BCUT2D eigenvalue weighted by atomic mass is 14.7. The minimum absolute atomic E-state index is 0.169. The summed E-state index contributed by atoms with van der Waals surface area (Å²) in [6.07, 6.45) is 5.31. The molecule has 2 heteroatoms. The summed E-state index contributed by atoms with van der Waals surface area (Å²) in [6.45, 7) is 6.55. The van der Waals surface area contributed by atoms with Crippen LogP contribution in [-0.2, 0) is 6.42 Å². The Labute approximate surface area is 108 Å². The number of anilines is 1. The van der Waals surface area contributed by atoms with Gasteiger partial charge in [-0.1, -0.05) is 44.2 Å². The summed E-state index contributed by atoms with van der Waals surface area (Å²) in [4.78, 5) is 4.84. The van der Waals surface area contributed by atoms with Gasteiger partial charge < -0.3 is 5.73 Å². The Morgan fingerprint density at radius 3 is 2.83 bits per heavy atom. The molecule has 2 N–H and O–H groups in total. The predicted octanol–water partition coefficient (Wildman–Crippen LogP) is 3.72. The first-order valence-corrected chi connectivity index (χ1v) is 6.35. The van der Waals surface area contributed by atoms with E-state index in [1.54, 1.807) is 0 Å². The van der Waals surface area contributed by atoms with Crippen LogP contribution >= 0.6 is 0 Å². The number of nitrogens with two attached hydrogens (primary N) is 1. The van der Waals surface area contributed by atoms with Crippen LogP contribution in [0.4, 0.5) is 5.69 Å². The zero-order valence-electron chi connectivity index (χ0n) is 11.1. The number of allylic oxidation sites excluding steroid dienone is 1. The van der Waals surface area contributed by atoms with Crippen LogP contribution in [0.1, 0.15) is 30.7 Å². The lowest BCUT2D eigenvalue weighted by Crippen LogP contribution is -2.18. The Morgan fingerprint density at radius 2 is 2.06 bits per heavy atom. The fraction of sp³-hybridized carbons (Fsp3) is 0.312. The van der Waals surface area contributed by atoms with Gasteiger partial charge in [-0.05, 0) is 24.3 Å². The number of fused-ring (bicyclic) bond motifs is 2. The second-order valence-corrected chi connectivity index (χ2v) is 5.86. The van der Waals surface area contributed by atoms with Crippen LogP contribution in [0.3, 0.4) is 0 Å². The molecule has 0 atom stereocenters. The molecule has 1 aliphatic carbocycles. The van der Waals surface area contributed by atoms with Crippen molar-refractivity contribution in [2.75, 3.05) is 5.73 Å². The molecule has 2 aromatic rings. The van der Waals surface area contributed by atoms with Gasteiger partial charge in [0.2, 0.25) is 0 Å². The van der Waals surface area contributed by atoms with Gasteiger partial charge >= 0.3 is 0 Å². The fourth-order valence-corrected chi connectivity index (χ4v) is 2.64. The van der Waals surface area contributed by atoms with Crippen LogP contribution in [0.2, 0.25) is 0 Å². The van der Waals surface area contributed by atoms with Crippen molar-refractivity contribution in [2.24, 2.45) is 5.41 Å². The molecule has 0 bridgehead atoms. The van der Waals surface area contributed by atoms with E-state index < -0.39 is 0 Å². The number of pyridine rings is 1. The average molecular weight is 238 g/mol. The number of nitrogen functional groups attached to an aromatic ring is 1. The first-order chi connectivity index (χ1) is 8.48. The summed E-state index contributed by atoms with van der Waals surface area (Å²) < 4.78 is 0. The average Bonchev–Trinajstić information content (AvgIpc) is 2.29. The highest BCUT2D eigenvalue weighted by Gasteiger charge is 2.24. The van der Waals surface area contributed by atoms with Crippen molar-refractivity contribution in [3.05, 3.63) is 41.1 Å². The summed E-state index contributed by atoms with van der Waals surface area (Å²) >= 11 is 0. The van der Waals surface area contributed by atoms with Crippen LogP contribution < -0.4 is 5.73 Å². The number of benzene rings is 1. The van der Waals surface area contributed by atoms with Crippen LogP contribution in [0.5, 0.6) is 0 Å². The van der Waals surface area contributed by atoms with Gasteiger partial charge in [-0.15, -0.1) is 0 Å². The molecule has 0 unspecified atom stereocenters. The standard InChI is InChI=1S/C16H18N2/c1-10-5-4-6-12-14(17)11-7-8-16(2,3)9-13(11)18-15(10)12/h4-8H,9H2,1-3H3,(H2,17,18). The molecule has 3 rings (SSSR count). The van der Waals surface area contributed by atoms with E-state index in [9.17, 15) is 0 Å². The smallest absolute Gasteiger partial charge is 0.0755 e. The third-order valence-electron chi connectivity index (χ3n) is 3.70. The lowest BCUT2D eigenvalue weighted by atomic mass is 9.81. The molecule has 1 heterocycles. The Balaban J connectivity index is 2.36. The van der Waals surface area contributed by atoms with Crippen molar-refractivity contribution in [2.45, 2.75) is 27.2 Å². The number of rotatable bonds is 0. The van der Waals surface area contributed by atoms with Gasteiger partial charge in [0.15, 0.2) is 0 Å². The van der Waals surface area contributed by atoms with Crippen LogP contribution in [-0.4, -0.2) is 4.98 Å². The first kappa shape index (κ1) is 11.3. The molecule has 0 fully saturated rings. The van der Waals surface area contributed by atoms with E-state index >= 15 is 0 Å². The van der Waals surface area contributed by atoms with E-state index in [2.05, 4.69) is 45.1 Å². The topological polar surface area (TPSA) is 38.9 Å². The Kier molecular flexibility index (Phi) is 2.24. The lowest BCUT2D eigenvalue weighted by Gasteiger charge is -2.26. The molecule has 0 amide bonds. The zero-order chi connectivity index (χ0) is 12.9. The maximum Gasteiger partial charge on any atom is 0.0755 e. The van der Waals surface area contributed by atoms with Gasteiger partial charge in [-0.2, -0.15) is 0 Å².